The largest absolute Gasteiger partial charge is 0.481 e. The number of hydrogen-bond donors (Lipinski definition) is 2. The SMILES string of the molecule is Cc1nn(-c2ccc(CC(=O)O)cc2)cc1N. The minimum atomic E-state index is -0.836. The molecule has 0 aliphatic heterocycles. The van der Waals surface area contributed by atoms with E-state index in [1.807, 2.05) is 19.1 Å². The molecule has 0 amide bonds. The molecule has 2 aromatic rings. The lowest BCUT2D eigenvalue weighted by Crippen LogP contribution is -2.00. The van der Waals surface area contributed by atoms with Gasteiger partial charge in [-0.2, -0.15) is 5.10 Å². The molecule has 0 atom stereocenters. The van der Waals surface area contributed by atoms with Crippen molar-refractivity contribution < 1.29 is 9.90 Å². The molecule has 1 aromatic heterocycles. The van der Waals surface area contributed by atoms with Gasteiger partial charge in [0.05, 0.1) is 29.7 Å². The van der Waals surface area contributed by atoms with Gasteiger partial charge in [0.1, 0.15) is 0 Å². The molecule has 0 unspecified atom stereocenters. The number of nitrogen functional groups attached to an aromatic ring is 1. The molecule has 0 aliphatic rings. The third-order valence-electron chi connectivity index (χ3n) is 2.49. The Morgan fingerprint density at radius 1 is 1.41 bits per heavy atom. The summed E-state index contributed by atoms with van der Waals surface area (Å²) in [4.78, 5) is 10.5. The standard InChI is InChI=1S/C12H13N3O2/c1-8-11(13)7-15(14-8)10-4-2-9(3-5-10)6-12(16)17/h2-5,7H,6,13H2,1H3,(H,16,17). The second-order valence-electron chi connectivity index (χ2n) is 3.85. The third kappa shape index (κ3) is 2.44. The van der Waals surface area contributed by atoms with Crippen LogP contribution in [0.2, 0.25) is 0 Å². The van der Waals surface area contributed by atoms with E-state index in [4.69, 9.17) is 10.8 Å². The molecule has 88 valence electrons. The fraction of sp³-hybridized carbons (Fsp3) is 0.167. The zero-order valence-electron chi connectivity index (χ0n) is 9.42. The van der Waals surface area contributed by atoms with Crippen molar-refractivity contribution in [1.29, 1.82) is 0 Å². The van der Waals surface area contributed by atoms with Gasteiger partial charge in [-0.3, -0.25) is 4.79 Å². The van der Waals surface area contributed by atoms with Gasteiger partial charge in [0.2, 0.25) is 0 Å². The molecule has 0 saturated heterocycles. The van der Waals surface area contributed by atoms with Gasteiger partial charge in [-0.05, 0) is 24.6 Å². The second kappa shape index (κ2) is 4.29. The lowest BCUT2D eigenvalue weighted by atomic mass is 10.1. The van der Waals surface area contributed by atoms with Gasteiger partial charge in [0.25, 0.3) is 0 Å². The van der Waals surface area contributed by atoms with E-state index in [-0.39, 0.29) is 6.42 Å². The summed E-state index contributed by atoms with van der Waals surface area (Å²) in [5, 5.41) is 12.9. The summed E-state index contributed by atoms with van der Waals surface area (Å²) >= 11 is 0. The highest BCUT2D eigenvalue weighted by Crippen LogP contribution is 2.14. The van der Waals surface area contributed by atoms with Gasteiger partial charge in [-0.15, -0.1) is 0 Å². The van der Waals surface area contributed by atoms with Crippen LogP contribution >= 0.6 is 0 Å². The Labute approximate surface area is 98.5 Å². The maximum atomic E-state index is 10.5. The van der Waals surface area contributed by atoms with Crippen molar-refractivity contribution in [3.63, 3.8) is 0 Å². The quantitative estimate of drug-likeness (QED) is 0.836. The number of hydrogen-bond acceptors (Lipinski definition) is 3. The maximum absolute atomic E-state index is 10.5. The molecule has 5 nitrogen and oxygen atoms in total. The van der Waals surface area contributed by atoms with E-state index in [1.54, 1.807) is 23.0 Å². The summed E-state index contributed by atoms with van der Waals surface area (Å²) in [7, 11) is 0. The Morgan fingerprint density at radius 3 is 2.53 bits per heavy atom. The lowest BCUT2D eigenvalue weighted by molar-refractivity contribution is -0.136. The number of anilines is 1. The van der Waals surface area contributed by atoms with Gasteiger partial charge in [0.15, 0.2) is 0 Å². The summed E-state index contributed by atoms with van der Waals surface area (Å²) in [5.41, 5.74) is 8.75. The number of aromatic nitrogens is 2. The monoisotopic (exact) mass is 231 g/mol. The molecule has 0 fully saturated rings. The predicted molar refractivity (Wildman–Crippen MR) is 64.1 cm³/mol. The van der Waals surface area contributed by atoms with Crippen molar-refractivity contribution in [3.05, 3.63) is 41.7 Å². The van der Waals surface area contributed by atoms with Crippen LogP contribution in [0, 0.1) is 6.92 Å². The van der Waals surface area contributed by atoms with Gasteiger partial charge in [-0.25, -0.2) is 4.68 Å². The second-order valence-corrected chi connectivity index (χ2v) is 3.85. The maximum Gasteiger partial charge on any atom is 0.307 e. The van der Waals surface area contributed by atoms with Gasteiger partial charge in [-0.1, -0.05) is 12.1 Å². The van der Waals surface area contributed by atoms with Crippen LogP contribution in [0.25, 0.3) is 5.69 Å². The Morgan fingerprint density at radius 2 is 2.06 bits per heavy atom. The van der Waals surface area contributed by atoms with E-state index in [9.17, 15) is 4.79 Å². The third-order valence-corrected chi connectivity index (χ3v) is 2.49. The van der Waals surface area contributed by atoms with Gasteiger partial charge >= 0.3 is 5.97 Å². The van der Waals surface area contributed by atoms with Crippen LogP contribution in [-0.4, -0.2) is 20.9 Å². The first-order chi connectivity index (χ1) is 8.06. The van der Waals surface area contributed by atoms with E-state index in [0.717, 1.165) is 16.9 Å². The summed E-state index contributed by atoms with van der Waals surface area (Å²) in [6, 6.07) is 7.20. The number of carbonyl (C=O) groups is 1. The first-order valence-electron chi connectivity index (χ1n) is 5.19. The Kier molecular flexibility index (Phi) is 2.82. The van der Waals surface area contributed by atoms with Crippen molar-refractivity contribution in [2.75, 3.05) is 5.73 Å². The number of benzene rings is 1. The minimum Gasteiger partial charge on any atom is -0.481 e. The Balaban J connectivity index is 2.26. The molecule has 0 radical (unpaired) electrons. The molecule has 0 bridgehead atoms. The van der Waals surface area contributed by atoms with Crippen LogP contribution in [0.3, 0.4) is 0 Å². The van der Waals surface area contributed by atoms with E-state index in [1.165, 1.54) is 0 Å². The normalized spacial score (nSPS) is 10.4. The van der Waals surface area contributed by atoms with Crippen LogP contribution < -0.4 is 5.73 Å². The number of rotatable bonds is 3. The Hall–Kier alpha value is -2.30. The van der Waals surface area contributed by atoms with Crippen LogP contribution in [0.5, 0.6) is 0 Å². The number of aliphatic carboxylic acids is 1. The number of nitrogens with two attached hydrogens (primary N) is 1. The first-order valence-corrected chi connectivity index (χ1v) is 5.19. The summed E-state index contributed by atoms with van der Waals surface area (Å²) in [6.07, 6.45) is 1.77. The summed E-state index contributed by atoms with van der Waals surface area (Å²) in [5.74, 6) is -0.836. The van der Waals surface area contributed by atoms with Crippen LogP contribution in [0.4, 0.5) is 5.69 Å². The highest BCUT2D eigenvalue weighted by atomic mass is 16.4. The summed E-state index contributed by atoms with van der Waals surface area (Å²) < 4.78 is 1.68. The summed E-state index contributed by atoms with van der Waals surface area (Å²) in [6.45, 7) is 1.84. The van der Waals surface area contributed by atoms with E-state index >= 15 is 0 Å². The Bertz CT molecular complexity index is 524. The van der Waals surface area contributed by atoms with Crippen LogP contribution in [0.1, 0.15) is 11.3 Å². The molecule has 1 aromatic carbocycles. The molecule has 0 spiro atoms. The topological polar surface area (TPSA) is 81.1 Å². The van der Waals surface area contributed by atoms with Crippen molar-refractivity contribution >= 4 is 11.7 Å². The van der Waals surface area contributed by atoms with Crippen LogP contribution in [-0.2, 0) is 11.2 Å². The number of carboxylic acid groups (broad SMARTS) is 1. The highest BCUT2D eigenvalue weighted by molar-refractivity contribution is 5.70. The van der Waals surface area contributed by atoms with Crippen molar-refractivity contribution in [2.24, 2.45) is 0 Å². The van der Waals surface area contributed by atoms with Gasteiger partial charge in [0, 0.05) is 0 Å². The first kappa shape index (κ1) is 11.2. The average molecular weight is 231 g/mol. The zero-order valence-corrected chi connectivity index (χ0v) is 9.42. The minimum absolute atomic E-state index is 0.0283. The number of carboxylic acids is 1. The van der Waals surface area contributed by atoms with E-state index in [0.29, 0.717) is 5.69 Å². The molecule has 2 rings (SSSR count). The molecule has 5 heteroatoms. The van der Waals surface area contributed by atoms with Gasteiger partial charge < -0.3 is 10.8 Å². The molecular weight excluding hydrogens is 218 g/mol. The molecule has 1 heterocycles. The molecule has 3 N–H and O–H groups in total. The van der Waals surface area contributed by atoms with Crippen molar-refractivity contribution in [3.8, 4) is 5.69 Å². The van der Waals surface area contributed by atoms with Crippen molar-refractivity contribution in [1.82, 2.24) is 9.78 Å². The average Bonchev–Trinajstić information content (AvgIpc) is 2.59. The number of nitrogens with zero attached hydrogens (tertiary/aromatic N) is 2. The molecule has 0 aliphatic carbocycles. The molecule has 0 saturated carbocycles. The lowest BCUT2D eigenvalue weighted by Gasteiger charge is -2.02. The smallest absolute Gasteiger partial charge is 0.307 e. The molecular formula is C12H13N3O2. The van der Waals surface area contributed by atoms with Crippen molar-refractivity contribution in [2.45, 2.75) is 13.3 Å². The fourth-order valence-corrected chi connectivity index (χ4v) is 1.55. The van der Waals surface area contributed by atoms with E-state index < -0.39 is 5.97 Å². The highest BCUT2D eigenvalue weighted by Gasteiger charge is 2.04. The van der Waals surface area contributed by atoms with Crippen LogP contribution in [0.15, 0.2) is 30.5 Å². The van der Waals surface area contributed by atoms with E-state index in [2.05, 4.69) is 5.10 Å². The predicted octanol–water partition coefficient (Wildman–Crippen LogP) is 1.39. The fourth-order valence-electron chi connectivity index (χ4n) is 1.55. The number of aryl methyl sites for hydroxylation is 1. The molecule has 17 heavy (non-hydrogen) atoms. The zero-order chi connectivity index (χ0) is 12.4.